The lowest BCUT2D eigenvalue weighted by Gasteiger charge is -2.37. The maximum Gasteiger partial charge on any atom is 0.0406 e. The molecule has 1 fully saturated rings. The largest absolute Gasteiger partial charge is 0.317 e. The third kappa shape index (κ3) is 4.21. The first kappa shape index (κ1) is 15.8. The zero-order chi connectivity index (χ0) is 14.4. The van der Waals surface area contributed by atoms with E-state index in [1.54, 1.807) is 0 Å². The molecule has 1 aromatic rings. The molecule has 0 amide bonds. The van der Waals surface area contributed by atoms with Crippen molar-refractivity contribution >= 4 is 11.6 Å². The fourth-order valence-electron chi connectivity index (χ4n) is 3.21. The van der Waals surface area contributed by atoms with Crippen LogP contribution in [0.5, 0.6) is 0 Å². The first-order chi connectivity index (χ1) is 9.74. The molecule has 0 radical (unpaired) electrons. The van der Waals surface area contributed by atoms with Crippen molar-refractivity contribution in [3.63, 3.8) is 0 Å². The second-order valence-corrected chi connectivity index (χ2v) is 6.20. The fraction of sp³-hybridized carbons (Fsp3) is 0.647. The Bertz CT molecular complexity index is 382. The highest BCUT2D eigenvalue weighted by Gasteiger charge is 2.24. The maximum atomic E-state index is 5.99. The second kappa shape index (κ2) is 8.02. The topological polar surface area (TPSA) is 15.3 Å². The minimum absolute atomic E-state index is 0.548. The number of halogens is 1. The Morgan fingerprint density at radius 2 is 1.85 bits per heavy atom. The minimum Gasteiger partial charge on any atom is -0.317 e. The molecule has 1 aromatic carbocycles. The highest BCUT2D eigenvalue weighted by atomic mass is 35.5. The minimum atomic E-state index is 0.548. The van der Waals surface area contributed by atoms with E-state index < -0.39 is 0 Å². The van der Waals surface area contributed by atoms with E-state index in [1.165, 1.54) is 44.5 Å². The van der Waals surface area contributed by atoms with E-state index in [1.807, 2.05) is 12.1 Å². The van der Waals surface area contributed by atoms with Gasteiger partial charge in [0, 0.05) is 11.1 Å². The number of nitrogens with one attached hydrogen (secondary N) is 1. The van der Waals surface area contributed by atoms with Crippen LogP contribution < -0.4 is 5.32 Å². The monoisotopic (exact) mass is 294 g/mol. The summed E-state index contributed by atoms with van der Waals surface area (Å²) in [4.78, 5) is 2.64. The van der Waals surface area contributed by atoms with Crippen LogP contribution in [0.2, 0.25) is 5.02 Å². The molecule has 0 aromatic heterocycles. The molecule has 1 heterocycles. The van der Waals surface area contributed by atoms with Crippen molar-refractivity contribution in [2.24, 2.45) is 5.92 Å². The number of hydrogen-bond donors (Lipinski definition) is 1. The van der Waals surface area contributed by atoms with E-state index in [9.17, 15) is 0 Å². The van der Waals surface area contributed by atoms with Gasteiger partial charge in [0.15, 0.2) is 0 Å². The van der Waals surface area contributed by atoms with Gasteiger partial charge in [0.1, 0.15) is 0 Å². The van der Waals surface area contributed by atoms with Crippen molar-refractivity contribution in [2.75, 3.05) is 26.2 Å². The van der Waals surface area contributed by atoms with Gasteiger partial charge in [0.05, 0.1) is 0 Å². The normalized spacial score (nSPS) is 19.1. The van der Waals surface area contributed by atoms with Gasteiger partial charge in [-0.15, -0.1) is 0 Å². The molecule has 1 unspecified atom stereocenters. The van der Waals surface area contributed by atoms with Gasteiger partial charge in [-0.05, 0) is 69.1 Å². The molecule has 0 saturated carbocycles. The van der Waals surface area contributed by atoms with Crippen molar-refractivity contribution < 1.29 is 0 Å². The van der Waals surface area contributed by atoms with Gasteiger partial charge in [-0.25, -0.2) is 0 Å². The number of nitrogens with zero attached hydrogens (tertiary/aromatic N) is 1. The van der Waals surface area contributed by atoms with Crippen molar-refractivity contribution in [3.8, 4) is 0 Å². The quantitative estimate of drug-likeness (QED) is 0.849. The molecule has 0 spiro atoms. The van der Waals surface area contributed by atoms with Crippen molar-refractivity contribution in [1.29, 1.82) is 0 Å². The summed E-state index contributed by atoms with van der Waals surface area (Å²) in [5.74, 6) is 0.855. The maximum absolute atomic E-state index is 5.99. The van der Waals surface area contributed by atoms with E-state index in [0.29, 0.717) is 6.04 Å². The van der Waals surface area contributed by atoms with Gasteiger partial charge in [-0.2, -0.15) is 0 Å². The summed E-state index contributed by atoms with van der Waals surface area (Å²) in [6.45, 7) is 9.17. The number of hydrogen-bond acceptors (Lipinski definition) is 2. The highest BCUT2D eigenvalue weighted by Crippen LogP contribution is 2.29. The lowest BCUT2D eigenvalue weighted by atomic mass is 9.93. The van der Waals surface area contributed by atoms with Gasteiger partial charge < -0.3 is 5.32 Å². The Labute approximate surface area is 128 Å². The van der Waals surface area contributed by atoms with Crippen LogP contribution in [-0.4, -0.2) is 31.1 Å². The predicted octanol–water partition coefficient (Wildman–Crippen LogP) is 4.11. The Hall–Kier alpha value is -0.570. The molecule has 1 aliphatic rings. The van der Waals surface area contributed by atoms with E-state index >= 15 is 0 Å². The van der Waals surface area contributed by atoms with Crippen LogP contribution in [0, 0.1) is 5.92 Å². The standard InChI is InChI=1S/C17H27ClN2/c1-3-17(15-5-7-16(18)8-6-15)20-11-9-14(10-12-20)13-19-4-2/h5-8,14,17,19H,3-4,9-13H2,1-2H3. The summed E-state index contributed by atoms with van der Waals surface area (Å²) in [5.41, 5.74) is 1.40. The number of likely N-dealkylation sites (tertiary alicyclic amines) is 1. The SMILES string of the molecule is CCNCC1CCN(C(CC)c2ccc(Cl)cc2)CC1. The van der Waals surface area contributed by atoms with Crippen LogP contribution in [0.15, 0.2) is 24.3 Å². The third-order valence-corrected chi connectivity index (χ3v) is 4.67. The molecule has 112 valence electrons. The molecular weight excluding hydrogens is 268 g/mol. The van der Waals surface area contributed by atoms with Crippen molar-refractivity contribution in [1.82, 2.24) is 10.2 Å². The van der Waals surface area contributed by atoms with E-state index in [0.717, 1.165) is 17.5 Å². The lowest BCUT2D eigenvalue weighted by Crippen LogP contribution is -2.39. The molecule has 3 heteroatoms. The van der Waals surface area contributed by atoms with Crippen LogP contribution in [0.4, 0.5) is 0 Å². The van der Waals surface area contributed by atoms with Gasteiger partial charge in [0.2, 0.25) is 0 Å². The molecule has 2 nitrogen and oxygen atoms in total. The molecule has 1 N–H and O–H groups in total. The van der Waals surface area contributed by atoms with Crippen LogP contribution >= 0.6 is 11.6 Å². The summed E-state index contributed by atoms with van der Waals surface area (Å²) >= 11 is 5.99. The molecule has 1 atom stereocenters. The van der Waals surface area contributed by atoms with Crippen molar-refractivity contribution in [2.45, 2.75) is 39.2 Å². The molecule has 0 bridgehead atoms. The molecule has 1 aliphatic heterocycles. The highest BCUT2D eigenvalue weighted by molar-refractivity contribution is 6.30. The molecule has 2 rings (SSSR count). The molecule has 20 heavy (non-hydrogen) atoms. The summed E-state index contributed by atoms with van der Waals surface area (Å²) < 4.78 is 0. The number of rotatable bonds is 6. The van der Waals surface area contributed by atoms with Crippen LogP contribution in [-0.2, 0) is 0 Å². The summed E-state index contributed by atoms with van der Waals surface area (Å²) in [7, 11) is 0. The zero-order valence-corrected chi connectivity index (χ0v) is 13.5. The van der Waals surface area contributed by atoms with E-state index in [-0.39, 0.29) is 0 Å². The number of piperidine rings is 1. The van der Waals surface area contributed by atoms with Crippen LogP contribution in [0.25, 0.3) is 0 Å². The zero-order valence-electron chi connectivity index (χ0n) is 12.7. The smallest absolute Gasteiger partial charge is 0.0406 e. The molecular formula is C17H27ClN2. The van der Waals surface area contributed by atoms with E-state index in [4.69, 9.17) is 11.6 Å². The van der Waals surface area contributed by atoms with Gasteiger partial charge >= 0.3 is 0 Å². The predicted molar refractivity (Wildman–Crippen MR) is 87.3 cm³/mol. The molecule has 1 saturated heterocycles. The first-order valence-corrected chi connectivity index (χ1v) is 8.32. The molecule has 0 aliphatic carbocycles. The lowest BCUT2D eigenvalue weighted by molar-refractivity contribution is 0.128. The van der Waals surface area contributed by atoms with E-state index in [2.05, 4.69) is 36.2 Å². The van der Waals surface area contributed by atoms with Crippen LogP contribution in [0.3, 0.4) is 0 Å². The van der Waals surface area contributed by atoms with Gasteiger partial charge in [-0.3, -0.25) is 4.90 Å². The Morgan fingerprint density at radius 3 is 2.40 bits per heavy atom. The summed E-state index contributed by atoms with van der Waals surface area (Å²) in [5, 5.41) is 4.31. The Balaban J connectivity index is 1.91. The fourth-order valence-corrected chi connectivity index (χ4v) is 3.33. The Morgan fingerprint density at radius 1 is 1.20 bits per heavy atom. The summed E-state index contributed by atoms with van der Waals surface area (Å²) in [6.07, 6.45) is 3.80. The van der Waals surface area contributed by atoms with Gasteiger partial charge in [0.25, 0.3) is 0 Å². The number of benzene rings is 1. The van der Waals surface area contributed by atoms with Gasteiger partial charge in [-0.1, -0.05) is 37.6 Å². The van der Waals surface area contributed by atoms with Crippen molar-refractivity contribution in [3.05, 3.63) is 34.9 Å². The first-order valence-electron chi connectivity index (χ1n) is 7.94. The summed E-state index contributed by atoms with van der Waals surface area (Å²) in [6, 6.07) is 8.93. The average molecular weight is 295 g/mol. The van der Waals surface area contributed by atoms with Crippen LogP contribution in [0.1, 0.15) is 44.7 Å². The average Bonchev–Trinajstić information content (AvgIpc) is 2.49. The third-order valence-electron chi connectivity index (χ3n) is 4.41. The Kier molecular flexibility index (Phi) is 6.34. The second-order valence-electron chi connectivity index (χ2n) is 5.76.